The highest BCUT2D eigenvalue weighted by Crippen LogP contribution is 2.25. The SMILES string of the molecule is N#Cc1ccc(NC(=O)c2ccc(Cl)c(Cl)c2)c(Cl)c1. The zero-order chi connectivity index (χ0) is 14.7. The number of nitrogens with one attached hydrogen (secondary N) is 1. The van der Waals surface area contributed by atoms with Crippen molar-refractivity contribution in [3.63, 3.8) is 0 Å². The first kappa shape index (κ1) is 14.7. The highest BCUT2D eigenvalue weighted by molar-refractivity contribution is 6.42. The summed E-state index contributed by atoms with van der Waals surface area (Å²) in [5.74, 6) is -0.366. The van der Waals surface area contributed by atoms with E-state index in [0.29, 0.717) is 26.9 Å². The summed E-state index contributed by atoms with van der Waals surface area (Å²) in [6, 6.07) is 11.1. The molecule has 3 nitrogen and oxygen atoms in total. The van der Waals surface area contributed by atoms with Crippen LogP contribution < -0.4 is 5.32 Å². The Morgan fingerprint density at radius 1 is 1.00 bits per heavy atom. The molecule has 0 bridgehead atoms. The molecule has 6 heteroatoms. The summed E-state index contributed by atoms with van der Waals surface area (Å²) < 4.78 is 0. The van der Waals surface area contributed by atoms with E-state index in [0.717, 1.165) is 0 Å². The average Bonchev–Trinajstić information content (AvgIpc) is 2.43. The van der Waals surface area contributed by atoms with Crippen LogP contribution in [-0.4, -0.2) is 5.91 Å². The minimum atomic E-state index is -0.366. The summed E-state index contributed by atoms with van der Waals surface area (Å²) in [6.07, 6.45) is 0. The van der Waals surface area contributed by atoms with E-state index in [-0.39, 0.29) is 10.9 Å². The van der Waals surface area contributed by atoms with Gasteiger partial charge in [-0.1, -0.05) is 34.8 Å². The van der Waals surface area contributed by atoms with E-state index < -0.39 is 0 Å². The summed E-state index contributed by atoms with van der Waals surface area (Å²) in [6.45, 7) is 0. The Morgan fingerprint density at radius 2 is 1.75 bits per heavy atom. The van der Waals surface area contributed by atoms with Gasteiger partial charge in [-0.25, -0.2) is 0 Å². The van der Waals surface area contributed by atoms with Crippen LogP contribution in [0.2, 0.25) is 15.1 Å². The number of hydrogen-bond acceptors (Lipinski definition) is 2. The van der Waals surface area contributed by atoms with Crippen molar-refractivity contribution in [2.45, 2.75) is 0 Å². The number of anilines is 1. The van der Waals surface area contributed by atoms with Crippen LogP contribution in [0.25, 0.3) is 0 Å². The number of nitrogens with zero attached hydrogens (tertiary/aromatic N) is 1. The number of amides is 1. The molecule has 0 unspecified atom stereocenters. The van der Waals surface area contributed by atoms with E-state index in [1.807, 2.05) is 6.07 Å². The number of nitriles is 1. The minimum Gasteiger partial charge on any atom is -0.321 e. The first-order chi connectivity index (χ1) is 9.51. The molecular formula is C14H7Cl3N2O. The highest BCUT2D eigenvalue weighted by atomic mass is 35.5. The van der Waals surface area contributed by atoms with Crippen LogP contribution in [0.1, 0.15) is 15.9 Å². The van der Waals surface area contributed by atoms with Crippen LogP contribution in [0, 0.1) is 11.3 Å². The molecule has 1 amide bonds. The third-order valence-electron chi connectivity index (χ3n) is 2.53. The van der Waals surface area contributed by atoms with Crippen molar-refractivity contribution in [3.05, 3.63) is 62.6 Å². The number of hydrogen-bond donors (Lipinski definition) is 1. The summed E-state index contributed by atoms with van der Waals surface area (Å²) in [5, 5.41) is 12.3. The molecular weight excluding hydrogens is 319 g/mol. The zero-order valence-corrected chi connectivity index (χ0v) is 12.2. The van der Waals surface area contributed by atoms with Crippen molar-refractivity contribution in [1.82, 2.24) is 0 Å². The maximum absolute atomic E-state index is 12.0. The van der Waals surface area contributed by atoms with Gasteiger partial charge < -0.3 is 5.32 Å². The van der Waals surface area contributed by atoms with Crippen LogP contribution >= 0.6 is 34.8 Å². The molecule has 2 aromatic carbocycles. The molecule has 2 rings (SSSR count). The molecule has 0 saturated heterocycles. The molecule has 0 heterocycles. The van der Waals surface area contributed by atoms with Crippen LogP contribution in [0.3, 0.4) is 0 Å². The van der Waals surface area contributed by atoms with Crippen molar-refractivity contribution in [2.24, 2.45) is 0 Å². The minimum absolute atomic E-state index is 0.289. The summed E-state index contributed by atoms with van der Waals surface area (Å²) in [7, 11) is 0. The molecule has 2 aromatic rings. The van der Waals surface area contributed by atoms with Gasteiger partial charge in [-0.15, -0.1) is 0 Å². The lowest BCUT2D eigenvalue weighted by molar-refractivity contribution is 0.102. The molecule has 0 atom stereocenters. The molecule has 0 fully saturated rings. The number of carbonyl (C=O) groups is 1. The molecule has 0 aliphatic heterocycles. The van der Waals surface area contributed by atoms with Gasteiger partial charge in [0.1, 0.15) is 0 Å². The maximum atomic E-state index is 12.0. The Labute approximate surface area is 130 Å². The third-order valence-corrected chi connectivity index (χ3v) is 3.58. The van der Waals surface area contributed by atoms with Crippen molar-refractivity contribution in [3.8, 4) is 6.07 Å². The van der Waals surface area contributed by atoms with E-state index in [4.69, 9.17) is 40.1 Å². The number of rotatable bonds is 2. The first-order valence-electron chi connectivity index (χ1n) is 5.47. The van der Waals surface area contributed by atoms with Crippen molar-refractivity contribution in [1.29, 1.82) is 5.26 Å². The number of halogens is 3. The second kappa shape index (κ2) is 6.15. The van der Waals surface area contributed by atoms with Gasteiger partial charge in [-0.2, -0.15) is 5.26 Å². The fourth-order valence-electron chi connectivity index (χ4n) is 1.52. The largest absolute Gasteiger partial charge is 0.321 e. The van der Waals surface area contributed by atoms with Gasteiger partial charge in [-0.05, 0) is 36.4 Å². The second-order valence-electron chi connectivity index (χ2n) is 3.89. The van der Waals surface area contributed by atoms with Gasteiger partial charge >= 0.3 is 0 Å². The Hall–Kier alpha value is -1.73. The van der Waals surface area contributed by atoms with E-state index >= 15 is 0 Å². The Kier molecular flexibility index (Phi) is 4.51. The maximum Gasteiger partial charge on any atom is 0.255 e. The second-order valence-corrected chi connectivity index (χ2v) is 5.11. The van der Waals surface area contributed by atoms with Gasteiger partial charge in [0, 0.05) is 5.56 Å². The monoisotopic (exact) mass is 324 g/mol. The van der Waals surface area contributed by atoms with Crippen LogP contribution in [0.4, 0.5) is 5.69 Å². The lowest BCUT2D eigenvalue weighted by Gasteiger charge is -2.08. The Bertz CT molecular complexity index is 723. The smallest absolute Gasteiger partial charge is 0.255 e. The predicted molar refractivity (Wildman–Crippen MR) is 80.6 cm³/mol. The average molecular weight is 326 g/mol. The van der Waals surface area contributed by atoms with Gasteiger partial charge in [0.05, 0.1) is 32.4 Å². The summed E-state index contributed by atoms with van der Waals surface area (Å²) >= 11 is 17.6. The van der Waals surface area contributed by atoms with Crippen molar-refractivity contribution < 1.29 is 4.79 Å². The lowest BCUT2D eigenvalue weighted by atomic mass is 10.2. The zero-order valence-electron chi connectivity index (χ0n) is 9.95. The molecule has 0 aromatic heterocycles. The molecule has 1 N–H and O–H groups in total. The molecule has 100 valence electrons. The van der Waals surface area contributed by atoms with E-state index in [9.17, 15) is 4.79 Å². The molecule has 0 saturated carbocycles. The van der Waals surface area contributed by atoms with Crippen LogP contribution in [-0.2, 0) is 0 Å². The Balaban J connectivity index is 2.23. The molecule has 0 radical (unpaired) electrons. The van der Waals surface area contributed by atoms with Crippen molar-refractivity contribution >= 4 is 46.4 Å². The molecule has 0 spiro atoms. The van der Waals surface area contributed by atoms with Gasteiger partial charge in [0.25, 0.3) is 5.91 Å². The molecule has 20 heavy (non-hydrogen) atoms. The standard InChI is InChI=1S/C14H7Cl3N2O/c15-10-3-2-9(6-11(10)16)14(20)19-13-4-1-8(7-18)5-12(13)17/h1-6H,(H,19,20). The highest BCUT2D eigenvalue weighted by Gasteiger charge is 2.10. The predicted octanol–water partition coefficient (Wildman–Crippen LogP) is 4.77. The lowest BCUT2D eigenvalue weighted by Crippen LogP contribution is -2.12. The van der Waals surface area contributed by atoms with E-state index in [1.54, 1.807) is 24.3 Å². The van der Waals surface area contributed by atoms with Crippen LogP contribution in [0.15, 0.2) is 36.4 Å². The molecule has 0 aliphatic rings. The summed E-state index contributed by atoms with van der Waals surface area (Å²) in [5.41, 5.74) is 1.20. The van der Waals surface area contributed by atoms with Gasteiger partial charge in [0.15, 0.2) is 0 Å². The first-order valence-corrected chi connectivity index (χ1v) is 6.60. The quantitative estimate of drug-likeness (QED) is 0.864. The van der Waals surface area contributed by atoms with Crippen LogP contribution in [0.5, 0.6) is 0 Å². The third kappa shape index (κ3) is 3.23. The van der Waals surface area contributed by atoms with Gasteiger partial charge in [-0.3, -0.25) is 4.79 Å². The van der Waals surface area contributed by atoms with Crippen molar-refractivity contribution in [2.75, 3.05) is 5.32 Å². The topological polar surface area (TPSA) is 52.9 Å². The fraction of sp³-hybridized carbons (Fsp3) is 0. The summed E-state index contributed by atoms with van der Waals surface area (Å²) in [4.78, 5) is 12.0. The Morgan fingerprint density at radius 3 is 2.35 bits per heavy atom. The van der Waals surface area contributed by atoms with Gasteiger partial charge in [0.2, 0.25) is 0 Å². The van der Waals surface area contributed by atoms with E-state index in [2.05, 4.69) is 5.32 Å². The number of benzene rings is 2. The number of carbonyl (C=O) groups excluding carboxylic acids is 1. The van der Waals surface area contributed by atoms with E-state index in [1.165, 1.54) is 12.1 Å². The normalized spacial score (nSPS) is 9.90. The fourth-order valence-corrected chi connectivity index (χ4v) is 2.04. The molecule has 0 aliphatic carbocycles.